The van der Waals surface area contributed by atoms with Gasteiger partial charge < -0.3 is 46.2 Å². The number of nitrogens with two attached hydrogens (primary N) is 2. The van der Waals surface area contributed by atoms with E-state index in [9.17, 15) is 17.6 Å². The van der Waals surface area contributed by atoms with Crippen molar-refractivity contribution in [3.05, 3.63) is 161 Å². The molecule has 8 rings (SSSR count). The number of fused-ring (bicyclic) bond motifs is 2. The van der Waals surface area contributed by atoms with Gasteiger partial charge in [-0.15, -0.1) is 12.4 Å². The summed E-state index contributed by atoms with van der Waals surface area (Å²) in [5.74, 6) is -1.46. The number of nitrogens with one attached hydrogen (secondary N) is 2. The molecule has 4 aromatic carbocycles. The number of amidine groups is 1. The van der Waals surface area contributed by atoms with E-state index in [0.717, 1.165) is 29.3 Å². The first-order chi connectivity index (χ1) is 34.4. The summed E-state index contributed by atoms with van der Waals surface area (Å²) in [6.07, 6.45) is 2.57. The van der Waals surface area contributed by atoms with Crippen molar-refractivity contribution in [2.24, 2.45) is 21.5 Å². The predicted molar refractivity (Wildman–Crippen MR) is 296 cm³/mol. The molecule has 2 atom stereocenters. The lowest BCUT2D eigenvalue weighted by atomic mass is 9.95. The lowest BCUT2D eigenvalue weighted by Gasteiger charge is -2.28. The average Bonchev–Trinajstić information content (AvgIpc) is 4.12. The van der Waals surface area contributed by atoms with Crippen LogP contribution in [0, 0.1) is 55.6 Å². The number of nitriles is 2. The fraction of sp³-hybridized carbons (Fsp3) is 0.333. The summed E-state index contributed by atoms with van der Waals surface area (Å²) in [5, 5.41) is 17.2. The molecule has 0 saturated carbocycles. The smallest absolute Gasteiger partial charge is 0.410 e. The molecule has 396 valence electrons. The molecule has 0 fully saturated rings. The van der Waals surface area contributed by atoms with Gasteiger partial charge in [0.05, 0.1) is 39.4 Å². The highest BCUT2D eigenvalue weighted by atomic mass is 79.9. The van der Waals surface area contributed by atoms with E-state index in [4.69, 9.17) is 55.9 Å². The zero-order valence-electron chi connectivity index (χ0n) is 41.4. The number of ether oxygens (including phenoxy) is 2. The van der Waals surface area contributed by atoms with E-state index in [0.29, 0.717) is 65.6 Å². The van der Waals surface area contributed by atoms with Gasteiger partial charge in [0.1, 0.15) is 40.6 Å². The Bertz CT molecular complexity index is 3010. The second-order valence-corrected chi connectivity index (χ2v) is 19.4. The molecule has 9 N–H and O–H groups in total. The molecular weight excluding hydrogens is 1150 g/mol. The van der Waals surface area contributed by atoms with Crippen molar-refractivity contribution in [2.45, 2.75) is 104 Å². The molecule has 2 aliphatic heterocycles. The monoisotopic (exact) mass is 1200 g/mol. The Morgan fingerprint density at radius 2 is 1.20 bits per heavy atom. The lowest BCUT2D eigenvalue weighted by molar-refractivity contribution is 0.185. The van der Waals surface area contributed by atoms with Crippen molar-refractivity contribution in [3.63, 3.8) is 0 Å². The SMILES string of the molecule is CCN(C(C)C)C(C)C.Cl.N.N#CCC(N)=NCc1[nH]c(=S)n2c1C[C@@H](c1c(F)ccc(Br)c1F)C2.N#CN=C(Oc1ccccc1)Oc1ccccc1.NCc1[nH]c(=S)n2c1C[C@@H](c1c(F)ccc(Br)c1F)C2. The van der Waals surface area contributed by atoms with Gasteiger partial charge >= 0.3 is 6.08 Å². The summed E-state index contributed by atoms with van der Waals surface area (Å²) in [6, 6.07) is 26.6. The highest BCUT2D eigenvalue weighted by Gasteiger charge is 2.33. The molecule has 0 unspecified atom stereocenters. The van der Waals surface area contributed by atoms with E-state index in [1.807, 2.05) is 51.6 Å². The van der Waals surface area contributed by atoms with Crippen LogP contribution in [-0.2, 0) is 39.0 Å². The zero-order chi connectivity index (χ0) is 52.6. The highest BCUT2D eigenvalue weighted by Crippen LogP contribution is 2.38. The maximum atomic E-state index is 14.4. The number of imidazole rings is 2. The second-order valence-electron chi connectivity index (χ2n) is 16.9. The van der Waals surface area contributed by atoms with E-state index in [1.54, 1.807) is 30.5 Å². The van der Waals surface area contributed by atoms with Gasteiger partial charge in [-0.05, 0) is 152 Å². The summed E-state index contributed by atoms with van der Waals surface area (Å²) in [4.78, 5) is 16.2. The minimum atomic E-state index is -0.580. The average molecular weight is 1210 g/mol. The zero-order valence-corrected chi connectivity index (χ0v) is 47.0. The first-order valence-electron chi connectivity index (χ1n) is 22.8. The minimum absolute atomic E-state index is 0. The van der Waals surface area contributed by atoms with E-state index >= 15 is 0 Å². The van der Waals surface area contributed by atoms with Crippen molar-refractivity contribution in [3.8, 4) is 23.8 Å². The first-order valence-corrected chi connectivity index (χ1v) is 25.2. The molecule has 0 amide bonds. The molecule has 2 aromatic heterocycles. The molecule has 0 aliphatic carbocycles. The first kappa shape index (κ1) is 62.6. The largest absolute Gasteiger partial charge is 0.410 e. The Kier molecular flexibility index (Phi) is 25.4. The van der Waals surface area contributed by atoms with Crippen LogP contribution < -0.4 is 27.1 Å². The Morgan fingerprint density at radius 3 is 1.58 bits per heavy atom. The van der Waals surface area contributed by atoms with Crippen molar-refractivity contribution in [1.29, 1.82) is 10.5 Å². The van der Waals surface area contributed by atoms with Gasteiger partial charge in [-0.3, -0.25) is 9.89 Å². The van der Waals surface area contributed by atoms with E-state index < -0.39 is 23.3 Å². The van der Waals surface area contributed by atoms with Crippen LogP contribution in [0.25, 0.3) is 0 Å². The van der Waals surface area contributed by atoms with E-state index in [-0.39, 0.29) is 75.4 Å². The number of halogens is 7. The minimum Gasteiger partial charge on any atom is -0.410 e. The predicted octanol–water partition coefficient (Wildman–Crippen LogP) is 12.8. The summed E-state index contributed by atoms with van der Waals surface area (Å²) in [5.41, 5.74) is 14.9. The normalized spacial score (nSPS) is 14.0. The molecule has 0 bridgehead atoms. The third-order valence-electron chi connectivity index (χ3n) is 11.6. The van der Waals surface area contributed by atoms with Crippen molar-refractivity contribution in [2.75, 3.05) is 6.54 Å². The Hall–Kier alpha value is -5.69. The van der Waals surface area contributed by atoms with Crippen LogP contribution in [0.4, 0.5) is 17.6 Å². The van der Waals surface area contributed by atoms with E-state index in [2.05, 4.69) is 91.3 Å². The molecule has 0 radical (unpaired) electrons. The second kappa shape index (κ2) is 30.0. The molecule has 0 saturated heterocycles. The van der Waals surface area contributed by atoms with Gasteiger partial charge in [-0.2, -0.15) is 10.5 Å². The third kappa shape index (κ3) is 16.4. The maximum Gasteiger partial charge on any atom is 0.410 e. The number of nitrogens with zero attached hydrogens (tertiary/aromatic N) is 7. The maximum absolute atomic E-state index is 14.4. The van der Waals surface area contributed by atoms with Crippen molar-refractivity contribution in [1.82, 2.24) is 30.2 Å². The Morgan fingerprint density at radius 1 is 0.770 bits per heavy atom. The number of hydrogen-bond acceptors (Lipinski definition) is 11. The molecule has 4 heterocycles. The number of H-pyrrole nitrogens is 2. The molecule has 0 spiro atoms. The molecule has 6 aromatic rings. The number of para-hydroxylation sites is 2. The van der Waals surface area contributed by atoms with E-state index in [1.165, 1.54) is 24.3 Å². The van der Waals surface area contributed by atoms with Gasteiger partial charge in [-0.1, -0.05) is 48.3 Å². The van der Waals surface area contributed by atoms with Crippen molar-refractivity contribution < 1.29 is 27.0 Å². The Labute approximate surface area is 461 Å². The Balaban J connectivity index is 0.000000270. The summed E-state index contributed by atoms with van der Waals surface area (Å²) < 4.78 is 72.7. The van der Waals surface area contributed by atoms with Crippen LogP contribution in [0.1, 0.15) is 86.8 Å². The highest BCUT2D eigenvalue weighted by molar-refractivity contribution is 9.10. The third-order valence-corrected chi connectivity index (χ3v) is 13.5. The van der Waals surface area contributed by atoms with Crippen molar-refractivity contribution >= 4 is 80.6 Å². The number of rotatable bonds is 11. The molecule has 2 aliphatic rings. The summed E-state index contributed by atoms with van der Waals surface area (Å²) in [6.45, 7) is 13.8. The number of aromatic amines is 2. The van der Waals surface area contributed by atoms with Gasteiger partial charge in [0.2, 0.25) is 6.19 Å². The fourth-order valence-electron chi connectivity index (χ4n) is 8.45. The van der Waals surface area contributed by atoms with Gasteiger partial charge in [0.25, 0.3) is 0 Å². The van der Waals surface area contributed by atoms with Crippen LogP contribution in [0.15, 0.2) is 104 Å². The van der Waals surface area contributed by atoms with Gasteiger partial charge in [0.15, 0.2) is 9.54 Å². The van der Waals surface area contributed by atoms with Crippen LogP contribution in [0.2, 0.25) is 0 Å². The van der Waals surface area contributed by atoms with Gasteiger partial charge in [0, 0.05) is 66.1 Å². The van der Waals surface area contributed by atoms with Crippen LogP contribution in [0.3, 0.4) is 0 Å². The number of benzene rings is 4. The number of aromatic nitrogens is 4. The van der Waals surface area contributed by atoms with Crippen LogP contribution in [-0.4, -0.2) is 54.5 Å². The summed E-state index contributed by atoms with van der Waals surface area (Å²) >= 11 is 16.7. The molecular formula is C51H59Br2ClF4N12O2S2. The van der Waals surface area contributed by atoms with Gasteiger partial charge in [-0.25, -0.2) is 17.6 Å². The quantitative estimate of drug-likeness (QED) is 0.0206. The number of aliphatic imine (C=N–C) groups is 2. The fourth-order valence-corrected chi connectivity index (χ4v) is 9.76. The topological polar surface area (TPSA) is 222 Å². The number of hydrogen-bond donors (Lipinski definition) is 5. The summed E-state index contributed by atoms with van der Waals surface area (Å²) in [7, 11) is 0. The molecule has 23 heteroatoms. The standard InChI is InChI=1S/C16H14BrF2N5S.C14H10N2O2.C13H12BrF2N3S.C8H19N.ClH.H3N/c17-9-1-2-10(18)14(15(9)19)8-5-12-11(6-22-13(21)3-4-20)23-16(25)24(12)7-8;15-11-16-14(17-12-7-3-1-4-8-12)18-13-9-5-2-6-10-13;14-7-1-2-8(15)11(12(7)16)6-3-10-9(4-17)18-13(20)19(10)5-6;1-6-9(7(2)3)8(4)5;;/h1-2,8H,3,5-7H2,(H2,21,22)(H,23,25);1-10H;1-2,6H,3-5,17H2,(H,18,20);7-8H,6H2,1-5H3;1H;1H3/t8-;;6-;;;/m1.1.../s1. The lowest BCUT2D eigenvalue weighted by Crippen LogP contribution is -2.36. The molecule has 74 heavy (non-hydrogen) atoms. The van der Waals surface area contributed by atoms with Crippen LogP contribution in [0.5, 0.6) is 11.5 Å². The molecule has 14 nitrogen and oxygen atoms in total. The van der Waals surface area contributed by atoms with Crippen LogP contribution >= 0.6 is 68.7 Å².